The van der Waals surface area contributed by atoms with Crippen molar-refractivity contribution in [3.05, 3.63) is 59.7 Å². The fourth-order valence-corrected chi connectivity index (χ4v) is 2.79. The molecule has 2 aromatic carbocycles. The first-order valence-corrected chi connectivity index (χ1v) is 9.88. The Morgan fingerprint density at radius 3 is 2.29 bits per heavy atom. The van der Waals surface area contributed by atoms with Crippen LogP contribution >= 0.6 is 0 Å². The predicted molar refractivity (Wildman–Crippen MR) is 111 cm³/mol. The van der Waals surface area contributed by atoms with Crippen LogP contribution in [0.2, 0.25) is 0 Å². The molecule has 8 nitrogen and oxygen atoms in total. The summed E-state index contributed by atoms with van der Waals surface area (Å²) in [5.74, 6) is -1.07. The molecule has 0 bridgehead atoms. The van der Waals surface area contributed by atoms with Crippen molar-refractivity contribution in [2.75, 3.05) is 6.61 Å². The lowest BCUT2D eigenvalue weighted by Gasteiger charge is -2.18. The summed E-state index contributed by atoms with van der Waals surface area (Å²) < 4.78 is 10.1. The first-order chi connectivity index (χ1) is 14.9. The number of carbonyl (C=O) groups excluding carboxylic acids is 4. The first-order valence-electron chi connectivity index (χ1n) is 9.88. The second kappa shape index (κ2) is 12.1. The SMILES string of the molecule is CCOC(=O)C(Cc1ccc(OC(=O)CC=O)cc1)NC(=O)CCc1ccc(O)cc1. The molecule has 0 aliphatic rings. The van der Waals surface area contributed by atoms with E-state index in [1.54, 1.807) is 55.5 Å². The molecule has 8 heteroatoms. The van der Waals surface area contributed by atoms with Crippen LogP contribution in [-0.2, 0) is 36.8 Å². The highest BCUT2D eigenvalue weighted by atomic mass is 16.5. The Hall–Kier alpha value is -3.68. The summed E-state index contributed by atoms with van der Waals surface area (Å²) in [5, 5.41) is 12.0. The van der Waals surface area contributed by atoms with Crippen molar-refractivity contribution in [1.29, 1.82) is 0 Å². The average molecular weight is 427 g/mol. The van der Waals surface area contributed by atoms with Gasteiger partial charge in [0.25, 0.3) is 0 Å². The molecule has 31 heavy (non-hydrogen) atoms. The molecule has 164 valence electrons. The van der Waals surface area contributed by atoms with E-state index in [4.69, 9.17) is 9.47 Å². The van der Waals surface area contributed by atoms with Crippen molar-refractivity contribution in [3.63, 3.8) is 0 Å². The van der Waals surface area contributed by atoms with Gasteiger partial charge < -0.3 is 24.7 Å². The summed E-state index contributed by atoms with van der Waals surface area (Å²) in [6.45, 7) is 1.87. The van der Waals surface area contributed by atoms with E-state index in [1.165, 1.54) is 0 Å². The zero-order chi connectivity index (χ0) is 22.6. The van der Waals surface area contributed by atoms with Gasteiger partial charge in [0.2, 0.25) is 5.91 Å². The van der Waals surface area contributed by atoms with Gasteiger partial charge >= 0.3 is 11.9 Å². The number of ether oxygens (including phenoxy) is 2. The monoisotopic (exact) mass is 427 g/mol. The molecule has 0 aliphatic heterocycles. The molecular formula is C23H25NO7. The minimum absolute atomic E-state index is 0.153. The van der Waals surface area contributed by atoms with Crippen LogP contribution in [0.5, 0.6) is 11.5 Å². The van der Waals surface area contributed by atoms with Crippen LogP contribution in [0.1, 0.15) is 30.9 Å². The van der Waals surface area contributed by atoms with E-state index in [-0.39, 0.29) is 43.3 Å². The smallest absolute Gasteiger partial charge is 0.328 e. The standard InChI is InChI=1S/C23H25NO7/c1-2-30-23(29)20(24-21(27)12-7-16-3-8-18(26)9-4-16)15-17-5-10-19(11-6-17)31-22(28)13-14-25/h3-6,8-11,14,20,26H,2,7,12-13,15H2,1H3,(H,24,27). The molecule has 0 fully saturated rings. The maximum Gasteiger partial charge on any atom is 0.328 e. The molecule has 0 aromatic heterocycles. The Bertz CT molecular complexity index is 891. The number of rotatable bonds is 11. The van der Waals surface area contributed by atoms with Crippen LogP contribution in [0, 0.1) is 0 Å². The lowest BCUT2D eigenvalue weighted by atomic mass is 10.0. The van der Waals surface area contributed by atoms with E-state index in [0.29, 0.717) is 12.7 Å². The molecule has 1 amide bonds. The van der Waals surface area contributed by atoms with Crippen molar-refractivity contribution >= 4 is 24.1 Å². The summed E-state index contributed by atoms with van der Waals surface area (Å²) in [7, 11) is 0. The van der Waals surface area contributed by atoms with Gasteiger partial charge in [-0.2, -0.15) is 0 Å². The van der Waals surface area contributed by atoms with Crippen molar-refractivity contribution in [3.8, 4) is 11.5 Å². The molecule has 0 radical (unpaired) electrons. The van der Waals surface area contributed by atoms with Gasteiger partial charge in [0.1, 0.15) is 30.2 Å². The van der Waals surface area contributed by atoms with E-state index < -0.39 is 18.0 Å². The van der Waals surface area contributed by atoms with Crippen molar-refractivity contribution in [2.24, 2.45) is 0 Å². The van der Waals surface area contributed by atoms with Gasteiger partial charge in [-0.05, 0) is 48.7 Å². The lowest BCUT2D eigenvalue weighted by Crippen LogP contribution is -2.43. The summed E-state index contributed by atoms with van der Waals surface area (Å²) in [6.07, 6.45) is 0.967. The van der Waals surface area contributed by atoms with Gasteiger partial charge in [-0.3, -0.25) is 9.59 Å². The third kappa shape index (κ3) is 8.30. The topological polar surface area (TPSA) is 119 Å². The third-order valence-corrected chi connectivity index (χ3v) is 4.33. The zero-order valence-electron chi connectivity index (χ0n) is 17.2. The third-order valence-electron chi connectivity index (χ3n) is 4.33. The number of aldehydes is 1. The molecule has 1 unspecified atom stereocenters. The number of benzene rings is 2. The second-order valence-electron chi connectivity index (χ2n) is 6.73. The van der Waals surface area contributed by atoms with Gasteiger partial charge in [-0.1, -0.05) is 24.3 Å². The summed E-state index contributed by atoms with van der Waals surface area (Å²) >= 11 is 0. The molecule has 2 N–H and O–H groups in total. The van der Waals surface area contributed by atoms with E-state index in [1.807, 2.05) is 0 Å². The minimum atomic E-state index is -0.865. The van der Waals surface area contributed by atoms with Gasteiger partial charge in [0, 0.05) is 12.8 Å². The Labute approximate surface area is 180 Å². The highest BCUT2D eigenvalue weighted by molar-refractivity contribution is 5.85. The number of nitrogens with one attached hydrogen (secondary N) is 1. The number of phenols is 1. The molecule has 0 saturated carbocycles. The number of hydrogen-bond acceptors (Lipinski definition) is 7. The number of phenolic OH excluding ortho intramolecular Hbond substituents is 1. The van der Waals surface area contributed by atoms with Gasteiger partial charge in [0.15, 0.2) is 0 Å². The highest BCUT2D eigenvalue weighted by Crippen LogP contribution is 2.15. The fourth-order valence-electron chi connectivity index (χ4n) is 2.79. The number of esters is 2. The van der Waals surface area contributed by atoms with Gasteiger partial charge in [0.05, 0.1) is 6.61 Å². The maximum atomic E-state index is 12.4. The molecule has 0 heterocycles. The Morgan fingerprint density at radius 1 is 1.03 bits per heavy atom. The molecular weight excluding hydrogens is 402 g/mol. The van der Waals surface area contributed by atoms with Crippen LogP contribution < -0.4 is 10.1 Å². The van der Waals surface area contributed by atoms with E-state index >= 15 is 0 Å². The second-order valence-corrected chi connectivity index (χ2v) is 6.73. The van der Waals surface area contributed by atoms with Crippen LogP contribution in [-0.4, -0.2) is 41.9 Å². The van der Waals surface area contributed by atoms with Crippen LogP contribution in [0.25, 0.3) is 0 Å². The molecule has 0 spiro atoms. The van der Waals surface area contributed by atoms with E-state index in [0.717, 1.165) is 11.1 Å². The minimum Gasteiger partial charge on any atom is -0.508 e. The molecule has 2 aromatic rings. The number of carbonyl (C=O) groups is 4. The number of hydrogen-bond donors (Lipinski definition) is 2. The van der Waals surface area contributed by atoms with Crippen LogP contribution in [0.15, 0.2) is 48.5 Å². The van der Waals surface area contributed by atoms with E-state index in [9.17, 15) is 24.3 Å². The fraction of sp³-hybridized carbons (Fsp3) is 0.304. The molecule has 0 aliphatic carbocycles. The van der Waals surface area contributed by atoms with Crippen molar-refractivity contribution in [1.82, 2.24) is 5.32 Å². The maximum absolute atomic E-state index is 12.4. The molecule has 0 saturated heterocycles. The van der Waals surface area contributed by atoms with Crippen LogP contribution in [0.3, 0.4) is 0 Å². The normalized spacial score (nSPS) is 11.3. The number of aryl methyl sites for hydroxylation is 1. The quantitative estimate of drug-likeness (QED) is 0.244. The Balaban J connectivity index is 1.97. The van der Waals surface area contributed by atoms with Crippen molar-refractivity contribution in [2.45, 2.75) is 38.6 Å². The average Bonchev–Trinajstić information content (AvgIpc) is 2.74. The van der Waals surface area contributed by atoms with Crippen molar-refractivity contribution < 1.29 is 33.8 Å². The summed E-state index contributed by atoms with van der Waals surface area (Å²) in [5.41, 5.74) is 1.62. The van der Waals surface area contributed by atoms with E-state index in [2.05, 4.69) is 5.32 Å². The van der Waals surface area contributed by atoms with Crippen LogP contribution in [0.4, 0.5) is 0 Å². The largest absolute Gasteiger partial charge is 0.508 e. The summed E-state index contributed by atoms with van der Waals surface area (Å²) in [4.78, 5) is 46.4. The van der Waals surface area contributed by atoms with Gasteiger partial charge in [-0.25, -0.2) is 4.79 Å². The summed E-state index contributed by atoms with van der Waals surface area (Å²) in [6, 6.07) is 12.1. The molecule has 2 rings (SSSR count). The number of aromatic hydroxyl groups is 1. The molecule has 1 atom stereocenters. The first kappa shape index (κ1) is 23.6. The van der Waals surface area contributed by atoms with Gasteiger partial charge in [-0.15, -0.1) is 0 Å². The highest BCUT2D eigenvalue weighted by Gasteiger charge is 2.22. The predicted octanol–water partition coefficient (Wildman–Crippen LogP) is 2.11. The number of amides is 1. The zero-order valence-corrected chi connectivity index (χ0v) is 17.2. The lowest BCUT2D eigenvalue weighted by molar-refractivity contribution is -0.147. The Kier molecular flexibility index (Phi) is 9.22. The Morgan fingerprint density at radius 2 is 1.68 bits per heavy atom.